The molecule has 8 heteroatoms. The van der Waals surface area contributed by atoms with Crippen molar-refractivity contribution in [3.63, 3.8) is 0 Å². The number of nitrogens with zero attached hydrogens (tertiary/aromatic N) is 4. The van der Waals surface area contributed by atoms with Crippen molar-refractivity contribution < 1.29 is 14.3 Å². The van der Waals surface area contributed by atoms with Crippen LogP contribution < -0.4 is 5.32 Å². The molecular formula is C17H23N5O3. The number of rotatable bonds is 5. The Hall–Kier alpha value is -2.90. The Labute approximate surface area is 146 Å². The van der Waals surface area contributed by atoms with Crippen LogP contribution in [-0.4, -0.2) is 57.4 Å². The molecule has 0 atom stereocenters. The van der Waals surface area contributed by atoms with E-state index in [-0.39, 0.29) is 5.91 Å². The van der Waals surface area contributed by atoms with Gasteiger partial charge in [0.2, 0.25) is 0 Å². The number of likely N-dealkylation sites (N-methyl/N-ethyl adjacent to an activating group) is 1. The molecule has 0 spiro atoms. The van der Waals surface area contributed by atoms with Crippen LogP contribution in [0, 0.1) is 0 Å². The molecule has 0 aliphatic rings. The lowest BCUT2D eigenvalue weighted by molar-refractivity contribution is 0.0299. The van der Waals surface area contributed by atoms with E-state index in [2.05, 4.69) is 15.4 Å². The van der Waals surface area contributed by atoms with E-state index in [0.29, 0.717) is 24.5 Å². The van der Waals surface area contributed by atoms with Gasteiger partial charge in [-0.15, -0.1) is 0 Å². The van der Waals surface area contributed by atoms with Crippen LogP contribution in [0.2, 0.25) is 0 Å². The molecule has 0 radical (unpaired) electrons. The SMILES string of the molecule is CN(CCNC(=O)c1ccc(-n2cccn2)nc1)C(=O)OC(C)(C)C. The van der Waals surface area contributed by atoms with Gasteiger partial charge < -0.3 is 15.0 Å². The van der Waals surface area contributed by atoms with E-state index < -0.39 is 11.7 Å². The molecule has 0 aromatic carbocycles. The highest BCUT2D eigenvalue weighted by molar-refractivity contribution is 5.93. The predicted molar refractivity (Wildman–Crippen MR) is 92.6 cm³/mol. The number of ether oxygens (including phenoxy) is 1. The first-order chi connectivity index (χ1) is 11.8. The number of hydrogen-bond acceptors (Lipinski definition) is 5. The van der Waals surface area contributed by atoms with E-state index in [9.17, 15) is 9.59 Å². The molecule has 0 bridgehead atoms. The molecule has 2 amide bonds. The van der Waals surface area contributed by atoms with Gasteiger partial charge in [0.1, 0.15) is 5.60 Å². The fourth-order valence-electron chi connectivity index (χ4n) is 1.93. The van der Waals surface area contributed by atoms with E-state index in [0.717, 1.165) is 0 Å². The van der Waals surface area contributed by atoms with E-state index in [1.165, 1.54) is 11.1 Å². The molecule has 0 saturated heterocycles. The van der Waals surface area contributed by atoms with Gasteiger partial charge in [-0.3, -0.25) is 4.79 Å². The molecule has 1 N–H and O–H groups in total. The van der Waals surface area contributed by atoms with Crippen molar-refractivity contribution in [2.45, 2.75) is 26.4 Å². The van der Waals surface area contributed by atoms with Gasteiger partial charge in [-0.2, -0.15) is 5.10 Å². The van der Waals surface area contributed by atoms with Crippen LogP contribution in [0.5, 0.6) is 0 Å². The van der Waals surface area contributed by atoms with Crippen LogP contribution in [0.1, 0.15) is 31.1 Å². The Kier molecular flexibility index (Phi) is 5.74. The van der Waals surface area contributed by atoms with Gasteiger partial charge in [0.15, 0.2) is 5.82 Å². The maximum absolute atomic E-state index is 12.1. The summed E-state index contributed by atoms with van der Waals surface area (Å²) in [5, 5.41) is 6.83. The molecule has 8 nitrogen and oxygen atoms in total. The number of pyridine rings is 1. The monoisotopic (exact) mass is 345 g/mol. The maximum Gasteiger partial charge on any atom is 0.410 e. The van der Waals surface area contributed by atoms with Crippen molar-refractivity contribution in [3.05, 3.63) is 42.4 Å². The van der Waals surface area contributed by atoms with Gasteiger partial charge in [-0.1, -0.05) is 0 Å². The second-order valence-electron chi connectivity index (χ2n) is 6.51. The minimum absolute atomic E-state index is 0.253. The van der Waals surface area contributed by atoms with E-state index in [1.807, 2.05) is 0 Å². The van der Waals surface area contributed by atoms with Crippen molar-refractivity contribution in [3.8, 4) is 5.82 Å². The van der Waals surface area contributed by atoms with E-state index in [1.54, 1.807) is 63.1 Å². The van der Waals surface area contributed by atoms with Crippen molar-refractivity contribution in [2.24, 2.45) is 0 Å². The largest absolute Gasteiger partial charge is 0.444 e. The lowest BCUT2D eigenvalue weighted by atomic mass is 10.2. The molecule has 2 aromatic heterocycles. The van der Waals surface area contributed by atoms with E-state index >= 15 is 0 Å². The molecule has 25 heavy (non-hydrogen) atoms. The highest BCUT2D eigenvalue weighted by Crippen LogP contribution is 2.09. The van der Waals surface area contributed by atoms with Crippen molar-refractivity contribution >= 4 is 12.0 Å². The van der Waals surface area contributed by atoms with Crippen LogP contribution in [0.4, 0.5) is 4.79 Å². The average Bonchev–Trinajstić information content (AvgIpc) is 3.07. The normalized spacial score (nSPS) is 11.0. The maximum atomic E-state index is 12.1. The summed E-state index contributed by atoms with van der Waals surface area (Å²) in [6.07, 6.45) is 4.49. The van der Waals surface area contributed by atoms with Crippen LogP contribution in [-0.2, 0) is 4.74 Å². The Balaban J connectivity index is 1.81. The summed E-state index contributed by atoms with van der Waals surface area (Å²) in [7, 11) is 1.63. The number of aromatic nitrogens is 3. The van der Waals surface area contributed by atoms with Gasteiger partial charge in [0.25, 0.3) is 5.91 Å². The fourth-order valence-corrected chi connectivity index (χ4v) is 1.93. The van der Waals surface area contributed by atoms with Crippen molar-refractivity contribution in [1.82, 2.24) is 25.0 Å². The fraction of sp³-hybridized carbons (Fsp3) is 0.412. The number of amides is 2. The standard InChI is InChI=1S/C17H23N5O3/c1-17(2,3)25-16(24)21(4)11-9-18-15(23)13-6-7-14(19-12-13)22-10-5-8-20-22/h5-8,10,12H,9,11H2,1-4H3,(H,18,23). The van der Waals surface area contributed by atoms with E-state index in [4.69, 9.17) is 4.74 Å². The van der Waals surface area contributed by atoms with Crippen LogP contribution in [0.15, 0.2) is 36.8 Å². The molecule has 0 aliphatic heterocycles. The summed E-state index contributed by atoms with van der Waals surface area (Å²) in [4.78, 5) is 29.6. The number of carbonyl (C=O) groups is 2. The number of nitrogens with one attached hydrogen (secondary N) is 1. The average molecular weight is 345 g/mol. The summed E-state index contributed by atoms with van der Waals surface area (Å²) >= 11 is 0. The predicted octanol–water partition coefficient (Wildman–Crippen LogP) is 1.86. The minimum Gasteiger partial charge on any atom is -0.444 e. The summed E-state index contributed by atoms with van der Waals surface area (Å²) in [6.45, 7) is 6.08. The Bertz CT molecular complexity index is 705. The molecule has 2 aromatic rings. The lowest BCUT2D eigenvalue weighted by Gasteiger charge is -2.24. The van der Waals surface area contributed by atoms with Gasteiger partial charge in [0, 0.05) is 38.7 Å². The molecule has 134 valence electrons. The number of carbonyl (C=O) groups excluding carboxylic acids is 2. The zero-order valence-electron chi connectivity index (χ0n) is 14.9. The first kappa shape index (κ1) is 18.4. The first-order valence-corrected chi connectivity index (χ1v) is 7.94. The zero-order valence-corrected chi connectivity index (χ0v) is 14.9. The first-order valence-electron chi connectivity index (χ1n) is 7.94. The van der Waals surface area contributed by atoms with Crippen LogP contribution in [0.25, 0.3) is 5.82 Å². The second kappa shape index (κ2) is 7.78. The molecule has 0 aliphatic carbocycles. The van der Waals surface area contributed by atoms with Gasteiger partial charge in [-0.05, 0) is 39.0 Å². The Morgan fingerprint density at radius 2 is 2.08 bits per heavy atom. The number of hydrogen-bond donors (Lipinski definition) is 1. The van der Waals surface area contributed by atoms with Crippen LogP contribution in [0.3, 0.4) is 0 Å². The third-order valence-corrected chi connectivity index (χ3v) is 3.19. The van der Waals surface area contributed by atoms with Gasteiger partial charge >= 0.3 is 6.09 Å². The quantitative estimate of drug-likeness (QED) is 0.893. The second-order valence-corrected chi connectivity index (χ2v) is 6.51. The van der Waals surface area contributed by atoms with Gasteiger partial charge in [-0.25, -0.2) is 14.5 Å². The Morgan fingerprint density at radius 3 is 2.64 bits per heavy atom. The lowest BCUT2D eigenvalue weighted by Crippen LogP contribution is -2.39. The summed E-state index contributed by atoms with van der Waals surface area (Å²) in [5.74, 6) is 0.378. The topological polar surface area (TPSA) is 89.4 Å². The molecule has 0 saturated carbocycles. The molecule has 2 heterocycles. The summed E-state index contributed by atoms with van der Waals surface area (Å²) < 4.78 is 6.85. The molecule has 0 unspecified atom stereocenters. The molecule has 2 rings (SSSR count). The highest BCUT2D eigenvalue weighted by Gasteiger charge is 2.19. The summed E-state index contributed by atoms with van der Waals surface area (Å²) in [5.41, 5.74) is -0.104. The minimum atomic E-state index is -0.545. The molecule has 0 fully saturated rings. The smallest absolute Gasteiger partial charge is 0.410 e. The molecular weight excluding hydrogens is 322 g/mol. The van der Waals surface area contributed by atoms with Crippen molar-refractivity contribution in [2.75, 3.05) is 20.1 Å². The third-order valence-electron chi connectivity index (χ3n) is 3.19. The third kappa shape index (κ3) is 5.59. The Morgan fingerprint density at radius 1 is 1.32 bits per heavy atom. The highest BCUT2D eigenvalue weighted by atomic mass is 16.6. The van der Waals surface area contributed by atoms with Crippen LogP contribution >= 0.6 is 0 Å². The van der Waals surface area contributed by atoms with Crippen molar-refractivity contribution in [1.29, 1.82) is 0 Å². The summed E-state index contributed by atoms with van der Waals surface area (Å²) in [6, 6.07) is 5.19. The zero-order chi connectivity index (χ0) is 18.4. The van der Waals surface area contributed by atoms with Gasteiger partial charge in [0.05, 0.1) is 5.56 Å².